The number of benzene rings is 1. The van der Waals surface area contributed by atoms with Crippen LogP contribution in [0.2, 0.25) is 0 Å². The lowest BCUT2D eigenvalue weighted by molar-refractivity contribution is 0.0691. The molecular weight excluding hydrogens is 252 g/mol. The summed E-state index contributed by atoms with van der Waals surface area (Å²) in [4.78, 5) is 15.3. The Morgan fingerprint density at radius 1 is 1.35 bits per heavy atom. The van der Waals surface area contributed by atoms with E-state index in [1.165, 1.54) is 0 Å². The summed E-state index contributed by atoms with van der Waals surface area (Å²) < 4.78 is 0. The first kappa shape index (κ1) is 14.3. The molecule has 0 unspecified atom stereocenters. The van der Waals surface area contributed by atoms with Crippen LogP contribution < -0.4 is 5.32 Å². The molecule has 106 valence electrons. The Morgan fingerprint density at radius 3 is 2.70 bits per heavy atom. The standard InChI is InChI=1S/C16H20N2O2/c1-4-16(2,3)10-17-13-9-14(15(19)20)18-12-8-6-5-7-11(12)13/h5-9H,4,10H2,1-3H3,(H,17,18)(H,19,20). The second-order valence-electron chi connectivity index (χ2n) is 5.75. The lowest BCUT2D eigenvalue weighted by Gasteiger charge is -2.24. The van der Waals surface area contributed by atoms with Crippen molar-refractivity contribution < 1.29 is 9.90 Å². The Balaban J connectivity index is 2.42. The summed E-state index contributed by atoms with van der Waals surface area (Å²) in [6.07, 6.45) is 1.05. The van der Waals surface area contributed by atoms with E-state index in [1.807, 2.05) is 24.3 Å². The largest absolute Gasteiger partial charge is 0.477 e. The number of rotatable bonds is 5. The van der Waals surface area contributed by atoms with Gasteiger partial charge in [0.15, 0.2) is 5.69 Å². The molecule has 0 fully saturated rings. The molecule has 0 spiro atoms. The Kier molecular flexibility index (Phi) is 3.93. The number of carboxylic acids is 1. The van der Waals surface area contributed by atoms with E-state index in [1.54, 1.807) is 6.07 Å². The first-order valence-electron chi connectivity index (χ1n) is 6.80. The maximum Gasteiger partial charge on any atom is 0.354 e. The second-order valence-corrected chi connectivity index (χ2v) is 5.75. The molecule has 2 aromatic rings. The predicted molar refractivity (Wildman–Crippen MR) is 81.3 cm³/mol. The highest BCUT2D eigenvalue weighted by atomic mass is 16.4. The summed E-state index contributed by atoms with van der Waals surface area (Å²) in [6.45, 7) is 7.30. The molecule has 20 heavy (non-hydrogen) atoms. The molecule has 4 nitrogen and oxygen atoms in total. The number of carbonyl (C=O) groups is 1. The van der Waals surface area contributed by atoms with Crippen LogP contribution in [0.25, 0.3) is 10.9 Å². The lowest BCUT2D eigenvalue weighted by atomic mass is 9.90. The van der Waals surface area contributed by atoms with Gasteiger partial charge in [0.05, 0.1) is 5.52 Å². The summed E-state index contributed by atoms with van der Waals surface area (Å²) in [5.41, 5.74) is 1.76. The molecule has 2 N–H and O–H groups in total. The molecule has 0 saturated carbocycles. The van der Waals surface area contributed by atoms with Crippen molar-refractivity contribution in [3.05, 3.63) is 36.0 Å². The average Bonchev–Trinajstić information content (AvgIpc) is 2.44. The first-order chi connectivity index (χ1) is 9.43. The quantitative estimate of drug-likeness (QED) is 0.869. The van der Waals surface area contributed by atoms with Gasteiger partial charge in [-0.25, -0.2) is 9.78 Å². The first-order valence-corrected chi connectivity index (χ1v) is 6.80. The van der Waals surface area contributed by atoms with Gasteiger partial charge in [0.1, 0.15) is 0 Å². The number of pyridine rings is 1. The number of hydrogen-bond donors (Lipinski definition) is 2. The van der Waals surface area contributed by atoms with E-state index in [9.17, 15) is 4.79 Å². The summed E-state index contributed by atoms with van der Waals surface area (Å²) in [5, 5.41) is 13.5. The average molecular weight is 272 g/mol. The highest BCUT2D eigenvalue weighted by Gasteiger charge is 2.16. The zero-order valence-electron chi connectivity index (χ0n) is 12.1. The molecular formula is C16H20N2O2. The van der Waals surface area contributed by atoms with Gasteiger partial charge in [0.2, 0.25) is 0 Å². The third-order valence-corrected chi connectivity index (χ3v) is 3.65. The fourth-order valence-corrected chi connectivity index (χ4v) is 1.89. The van der Waals surface area contributed by atoms with Gasteiger partial charge in [-0.15, -0.1) is 0 Å². The topological polar surface area (TPSA) is 62.2 Å². The van der Waals surface area contributed by atoms with Crippen LogP contribution in [-0.4, -0.2) is 22.6 Å². The van der Waals surface area contributed by atoms with Crippen molar-refractivity contribution in [2.45, 2.75) is 27.2 Å². The minimum atomic E-state index is -1.01. The molecule has 0 aliphatic heterocycles. The summed E-state index contributed by atoms with van der Waals surface area (Å²) >= 11 is 0. The summed E-state index contributed by atoms with van der Waals surface area (Å²) in [6, 6.07) is 9.19. The SMILES string of the molecule is CCC(C)(C)CNc1cc(C(=O)O)nc2ccccc12. The number of aromatic carboxylic acids is 1. The van der Waals surface area contributed by atoms with E-state index in [4.69, 9.17) is 5.11 Å². The van der Waals surface area contributed by atoms with E-state index in [0.717, 1.165) is 24.0 Å². The van der Waals surface area contributed by atoms with Gasteiger partial charge in [-0.2, -0.15) is 0 Å². The van der Waals surface area contributed by atoms with Gasteiger partial charge in [-0.3, -0.25) is 0 Å². The molecule has 1 aromatic heterocycles. The molecule has 0 aliphatic rings. The zero-order chi connectivity index (χ0) is 14.8. The summed E-state index contributed by atoms with van der Waals surface area (Å²) in [7, 11) is 0. The number of nitrogens with zero attached hydrogens (tertiary/aromatic N) is 1. The number of nitrogens with one attached hydrogen (secondary N) is 1. The van der Waals surface area contributed by atoms with E-state index < -0.39 is 5.97 Å². The number of hydrogen-bond acceptors (Lipinski definition) is 3. The van der Waals surface area contributed by atoms with Gasteiger partial charge in [-0.05, 0) is 24.0 Å². The number of para-hydroxylation sites is 1. The van der Waals surface area contributed by atoms with Gasteiger partial charge in [-0.1, -0.05) is 39.0 Å². The summed E-state index contributed by atoms with van der Waals surface area (Å²) in [5.74, 6) is -1.01. The van der Waals surface area contributed by atoms with Crippen LogP contribution in [0.4, 0.5) is 5.69 Å². The predicted octanol–water partition coefficient (Wildman–Crippen LogP) is 3.78. The van der Waals surface area contributed by atoms with Gasteiger partial charge in [0, 0.05) is 17.6 Å². The number of carboxylic acid groups (broad SMARTS) is 1. The minimum Gasteiger partial charge on any atom is -0.477 e. The Morgan fingerprint density at radius 2 is 2.05 bits per heavy atom. The molecule has 0 aliphatic carbocycles. The zero-order valence-corrected chi connectivity index (χ0v) is 12.1. The van der Waals surface area contributed by atoms with Crippen LogP contribution in [0.15, 0.2) is 30.3 Å². The van der Waals surface area contributed by atoms with E-state index in [-0.39, 0.29) is 11.1 Å². The highest BCUT2D eigenvalue weighted by Crippen LogP contribution is 2.26. The van der Waals surface area contributed by atoms with Crippen molar-refractivity contribution in [1.29, 1.82) is 0 Å². The van der Waals surface area contributed by atoms with Gasteiger partial charge in [0.25, 0.3) is 0 Å². The molecule has 1 aromatic carbocycles. The molecule has 2 rings (SSSR count). The molecule has 0 bridgehead atoms. The molecule has 0 amide bonds. The van der Waals surface area contributed by atoms with Crippen LogP contribution in [0, 0.1) is 5.41 Å². The number of aromatic nitrogens is 1. The normalized spacial score (nSPS) is 11.6. The monoisotopic (exact) mass is 272 g/mol. The van der Waals surface area contributed by atoms with E-state index in [2.05, 4.69) is 31.1 Å². The van der Waals surface area contributed by atoms with Crippen LogP contribution in [0.1, 0.15) is 37.7 Å². The van der Waals surface area contributed by atoms with Crippen molar-refractivity contribution in [1.82, 2.24) is 4.98 Å². The molecule has 0 atom stereocenters. The third kappa shape index (κ3) is 3.07. The van der Waals surface area contributed by atoms with Crippen LogP contribution in [-0.2, 0) is 0 Å². The molecule has 4 heteroatoms. The van der Waals surface area contributed by atoms with Crippen molar-refractivity contribution in [2.75, 3.05) is 11.9 Å². The smallest absolute Gasteiger partial charge is 0.354 e. The fraction of sp³-hybridized carbons (Fsp3) is 0.375. The Hall–Kier alpha value is -2.10. The third-order valence-electron chi connectivity index (χ3n) is 3.65. The van der Waals surface area contributed by atoms with Crippen LogP contribution in [0.5, 0.6) is 0 Å². The van der Waals surface area contributed by atoms with Crippen molar-refractivity contribution in [3.8, 4) is 0 Å². The molecule has 1 heterocycles. The maximum absolute atomic E-state index is 11.2. The van der Waals surface area contributed by atoms with E-state index in [0.29, 0.717) is 5.52 Å². The highest BCUT2D eigenvalue weighted by molar-refractivity contribution is 5.97. The van der Waals surface area contributed by atoms with Crippen molar-refractivity contribution in [3.63, 3.8) is 0 Å². The fourth-order valence-electron chi connectivity index (χ4n) is 1.89. The minimum absolute atomic E-state index is 0.0699. The van der Waals surface area contributed by atoms with Crippen LogP contribution in [0.3, 0.4) is 0 Å². The number of fused-ring (bicyclic) bond motifs is 1. The lowest BCUT2D eigenvalue weighted by Crippen LogP contribution is -2.22. The van der Waals surface area contributed by atoms with Gasteiger partial charge >= 0.3 is 5.97 Å². The molecule has 0 radical (unpaired) electrons. The van der Waals surface area contributed by atoms with E-state index >= 15 is 0 Å². The van der Waals surface area contributed by atoms with Crippen LogP contribution >= 0.6 is 0 Å². The Bertz CT molecular complexity index is 635. The van der Waals surface area contributed by atoms with Gasteiger partial charge < -0.3 is 10.4 Å². The van der Waals surface area contributed by atoms with Crippen molar-refractivity contribution >= 4 is 22.6 Å². The van der Waals surface area contributed by atoms with Crippen molar-refractivity contribution in [2.24, 2.45) is 5.41 Å². The Labute approximate surface area is 118 Å². The maximum atomic E-state index is 11.2. The number of anilines is 1. The second kappa shape index (κ2) is 5.49. The molecule has 0 saturated heterocycles.